The molecule has 0 radical (unpaired) electrons. The van der Waals surface area contributed by atoms with E-state index in [1.165, 1.54) is 18.3 Å². The summed E-state index contributed by atoms with van der Waals surface area (Å²) in [7, 11) is 0. The predicted molar refractivity (Wildman–Crippen MR) is 93.3 cm³/mol. The molecule has 2 N–H and O–H groups in total. The molecule has 0 spiro atoms. The number of nitrogens with zero attached hydrogens (tertiary/aromatic N) is 1. The van der Waals surface area contributed by atoms with Crippen molar-refractivity contribution in [3.8, 4) is 0 Å². The van der Waals surface area contributed by atoms with Crippen LogP contribution < -0.4 is 10.6 Å². The molecule has 0 aliphatic carbocycles. The van der Waals surface area contributed by atoms with Gasteiger partial charge in [0.2, 0.25) is 0 Å². The van der Waals surface area contributed by atoms with Crippen molar-refractivity contribution in [2.45, 2.75) is 0 Å². The highest BCUT2D eigenvalue weighted by molar-refractivity contribution is 6.30. The number of hydrogen-bond acceptors (Lipinski definition) is 3. The van der Waals surface area contributed by atoms with E-state index in [0.717, 1.165) is 12.1 Å². The van der Waals surface area contributed by atoms with Crippen molar-refractivity contribution < 1.29 is 13.6 Å². The van der Waals surface area contributed by atoms with Crippen LogP contribution in [0.25, 0.3) is 0 Å². The van der Waals surface area contributed by atoms with Crippen LogP contribution in [0.2, 0.25) is 5.02 Å². The van der Waals surface area contributed by atoms with Crippen molar-refractivity contribution in [3.05, 3.63) is 83.0 Å². The molecule has 3 aromatic rings. The number of anilines is 3. The van der Waals surface area contributed by atoms with Gasteiger partial charge in [-0.15, -0.1) is 0 Å². The number of benzene rings is 2. The number of rotatable bonds is 4. The van der Waals surface area contributed by atoms with Crippen LogP contribution in [-0.2, 0) is 0 Å². The van der Waals surface area contributed by atoms with E-state index < -0.39 is 17.5 Å². The lowest BCUT2D eigenvalue weighted by atomic mass is 10.2. The molecule has 0 saturated carbocycles. The first kappa shape index (κ1) is 16.9. The lowest BCUT2D eigenvalue weighted by molar-refractivity contribution is 0.102. The van der Waals surface area contributed by atoms with Gasteiger partial charge in [-0.05, 0) is 42.5 Å². The molecule has 0 bridgehead atoms. The van der Waals surface area contributed by atoms with Crippen LogP contribution in [0, 0.1) is 11.6 Å². The molecule has 25 heavy (non-hydrogen) atoms. The lowest BCUT2D eigenvalue weighted by Crippen LogP contribution is -2.13. The Morgan fingerprint density at radius 2 is 1.88 bits per heavy atom. The molecule has 0 aliphatic heterocycles. The first-order chi connectivity index (χ1) is 12.0. The third-order valence-electron chi connectivity index (χ3n) is 3.30. The van der Waals surface area contributed by atoms with Crippen molar-refractivity contribution in [2.75, 3.05) is 10.6 Å². The summed E-state index contributed by atoms with van der Waals surface area (Å²) in [5.74, 6) is -1.68. The maximum Gasteiger partial charge on any atom is 0.255 e. The van der Waals surface area contributed by atoms with Crippen molar-refractivity contribution in [1.82, 2.24) is 4.98 Å². The third kappa shape index (κ3) is 4.30. The fourth-order valence-corrected chi connectivity index (χ4v) is 2.33. The average Bonchev–Trinajstić information content (AvgIpc) is 2.57. The van der Waals surface area contributed by atoms with Crippen LogP contribution in [-0.4, -0.2) is 10.9 Å². The van der Waals surface area contributed by atoms with Gasteiger partial charge in [-0.1, -0.05) is 17.7 Å². The quantitative estimate of drug-likeness (QED) is 0.688. The number of aromatic nitrogens is 1. The van der Waals surface area contributed by atoms with Crippen LogP contribution in [0.15, 0.2) is 60.8 Å². The standard InChI is InChI=1S/C18H12ClF2N3O/c19-12-2-1-3-14(9-12)23-17-8-11(6-7-22-17)18(25)24-16-5-4-13(20)10-15(16)21/h1-10H,(H,22,23)(H,24,25). The van der Waals surface area contributed by atoms with Crippen molar-refractivity contribution in [2.24, 2.45) is 0 Å². The molecule has 3 rings (SSSR count). The summed E-state index contributed by atoms with van der Waals surface area (Å²) in [4.78, 5) is 16.4. The summed E-state index contributed by atoms with van der Waals surface area (Å²) in [5.41, 5.74) is 0.873. The zero-order valence-corrected chi connectivity index (χ0v) is 13.5. The van der Waals surface area contributed by atoms with E-state index in [4.69, 9.17) is 11.6 Å². The summed E-state index contributed by atoms with van der Waals surface area (Å²) in [6.07, 6.45) is 1.45. The zero-order valence-electron chi connectivity index (χ0n) is 12.8. The highest BCUT2D eigenvalue weighted by atomic mass is 35.5. The van der Waals surface area contributed by atoms with Gasteiger partial charge in [0, 0.05) is 28.5 Å². The van der Waals surface area contributed by atoms with E-state index in [1.807, 2.05) is 0 Å². The summed E-state index contributed by atoms with van der Waals surface area (Å²) >= 11 is 5.92. The SMILES string of the molecule is O=C(Nc1ccc(F)cc1F)c1ccnc(Nc2cccc(Cl)c2)c1. The number of pyridine rings is 1. The lowest BCUT2D eigenvalue weighted by Gasteiger charge is -2.09. The molecule has 126 valence electrons. The summed E-state index contributed by atoms with van der Waals surface area (Å²) in [5, 5.41) is 5.98. The Balaban J connectivity index is 1.77. The molecule has 7 heteroatoms. The molecule has 1 heterocycles. The predicted octanol–water partition coefficient (Wildman–Crippen LogP) is 5.01. The largest absolute Gasteiger partial charge is 0.340 e. The van der Waals surface area contributed by atoms with Crippen LogP contribution in [0.4, 0.5) is 26.0 Å². The highest BCUT2D eigenvalue weighted by Gasteiger charge is 2.11. The van der Waals surface area contributed by atoms with Gasteiger partial charge in [0.1, 0.15) is 17.5 Å². The second-order valence-electron chi connectivity index (χ2n) is 5.14. The number of nitrogens with one attached hydrogen (secondary N) is 2. The molecule has 0 unspecified atom stereocenters. The van der Waals surface area contributed by atoms with Crippen LogP contribution in [0.3, 0.4) is 0 Å². The van der Waals surface area contributed by atoms with E-state index in [0.29, 0.717) is 22.6 Å². The van der Waals surface area contributed by atoms with Gasteiger partial charge in [-0.3, -0.25) is 4.79 Å². The topological polar surface area (TPSA) is 54.0 Å². The highest BCUT2D eigenvalue weighted by Crippen LogP contribution is 2.20. The summed E-state index contributed by atoms with van der Waals surface area (Å²) in [6.45, 7) is 0. The number of carbonyl (C=O) groups is 1. The van der Waals surface area contributed by atoms with Gasteiger partial charge in [-0.25, -0.2) is 13.8 Å². The Hall–Kier alpha value is -2.99. The zero-order chi connectivity index (χ0) is 17.8. The molecule has 0 saturated heterocycles. The van der Waals surface area contributed by atoms with Gasteiger partial charge >= 0.3 is 0 Å². The average molecular weight is 360 g/mol. The number of hydrogen-bond donors (Lipinski definition) is 2. The molecule has 2 aromatic carbocycles. The van der Waals surface area contributed by atoms with Crippen molar-refractivity contribution in [1.29, 1.82) is 0 Å². The molecule has 1 aromatic heterocycles. The fraction of sp³-hybridized carbons (Fsp3) is 0. The minimum atomic E-state index is -0.848. The van der Waals surface area contributed by atoms with E-state index in [1.54, 1.807) is 24.3 Å². The summed E-state index contributed by atoms with van der Waals surface area (Å²) < 4.78 is 26.6. The summed E-state index contributed by atoms with van der Waals surface area (Å²) in [6, 6.07) is 13.0. The molecular weight excluding hydrogens is 348 g/mol. The second-order valence-corrected chi connectivity index (χ2v) is 5.58. The first-order valence-corrected chi connectivity index (χ1v) is 7.64. The van der Waals surface area contributed by atoms with Gasteiger partial charge in [-0.2, -0.15) is 0 Å². The minimum absolute atomic E-state index is 0.104. The maximum atomic E-state index is 13.6. The Morgan fingerprint density at radius 3 is 2.64 bits per heavy atom. The van der Waals surface area contributed by atoms with Crippen molar-refractivity contribution in [3.63, 3.8) is 0 Å². The molecule has 0 aliphatic rings. The molecule has 0 atom stereocenters. The Labute approximate surface area is 147 Å². The minimum Gasteiger partial charge on any atom is -0.340 e. The maximum absolute atomic E-state index is 13.6. The monoisotopic (exact) mass is 359 g/mol. The van der Waals surface area contributed by atoms with Gasteiger partial charge < -0.3 is 10.6 Å². The van der Waals surface area contributed by atoms with Crippen LogP contribution >= 0.6 is 11.6 Å². The molecule has 4 nitrogen and oxygen atoms in total. The van der Waals surface area contributed by atoms with Gasteiger partial charge in [0.15, 0.2) is 0 Å². The Bertz CT molecular complexity index is 934. The Morgan fingerprint density at radius 1 is 1.04 bits per heavy atom. The molecule has 0 fully saturated rings. The van der Waals surface area contributed by atoms with E-state index in [9.17, 15) is 13.6 Å². The smallest absolute Gasteiger partial charge is 0.255 e. The fourth-order valence-electron chi connectivity index (χ4n) is 2.14. The van der Waals surface area contributed by atoms with Crippen LogP contribution in [0.1, 0.15) is 10.4 Å². The van der Waals surface area contributed by atoms with E-state index >= 15 is 0 Å². The van der Waals surface area contributed by atoms with Gasteiger partial charge in [0.25, 0.3) is 5.91 Å². The molecular formula is C18H12ClF2N3O. The second kappa shape index (κ2) is 7.27. The van der Waals surface area contributed by atoms with Gasteiger partial charge in [0.05, 0.1) is 5.69 Å². The van der Waals surface area contributed by atoms with E-state index in [2.05, 4.69) is 15.6 Å². The third-order valence-corrected chi connectivity index (χ3v) is 3.53. The number of amides is 1. The molecule has 1 amide bonds. The van der Waals surface area contributed by atoms with E-state index in [-0.39, 0.29) is 11.3 Å². The Kier molecular flexibility index (Phi) is 4.90. The van der Waals surface area contributed by atoms with Crippen LogP contribution in [0.5, 0.6) is 0 Å². The van der Waals surface area contributed by atoms with Crippen molar-refractivity contribution >= 4 is 34.7 Å². The number of carbonyl (C=O) groups excluding carboxylic acids is 1. The normalized spacial score (nSPS) is 10.4. The first-order valence-electron chi connectivity index (χ1n) is 7.26. The number of halogens is 3.